The van der Waals surface area contributed by atoms with Crippen LogP contribution in [0.25, 0.3) is 0 Å². The van der Waals surface area contributed by atoms with Crippen molar-refractivity contribution in [3.8, 4) is 0 Å². The molecule has 1 amide bonds. The van der Waals surface area contributed by atoms with Gasteiger partial charge < -0.3 is 10.4 Å². The highest BCUT2D eigenvalue weighted by Gasteiger charge is 2.36. The summed E-state index contributed by atoms with van der Waals surface area (Å²) in [7, 11) is 0. The van der Waals surface area contributed by atoms with E-state index in [1.54, 1.807) is 10.7 Å². The number of hydrogen-bond donors (Lipinski definition) is 2. The molecule has 1 aromatic rings. The van der Waals surface area contributed by atoms with Gasteiger partial charge in [-0.3, -0.25) is 9.48 Å². The molecule has 1 aromatic heterocycles. The Balaban J connectivity index is 2.16. The molecule has 2 rings (SSSR count). The summed E-state index contributed by atoms with van der Waals surface area (Å²) in [6.45, 7) is 6.69. The predicted molar refractivity (Wildman–Crippen MR) is 77.6 cm³/mol. The third-order valence-corrected chi connectivity index (χ3v) is 4.21. The second kappa shape index (κ2) is 5.95. The van der Waals surface area contributed by atoms with E-state index < -0.39 is 5.54 Å². The molecule has 1 saturated carbocycles. The van der Waals surface area contributed by atoms with Gasteiger partial charge in [0.1, 0.15) is 5.69 Å². The zero-order valence-electron chi connectivity index (χ0n) is 12.6. The molecule has 0 aromatic carbocycles. The van der Waals surface area contributed by atoms with Gasteiger partial charge >= 0.3 is 0 Å². The Labute approximate surface area is 120 Å². The van der Waals surface area contributed by atoms with E-state index in [-0.39, 0.29) is 12.5 Å². The van der Waals surface area contributed by atoms with Crippen LogP contribution in [0.4, 0.5) is 0 Å². The molecule has 0 saturated heterocycles. The molecule has 1 fully saturated rings. The summed E-state index contributed by atoms with van der Waals surface area (Å²) in [6.07, 6.45) is 3.91. The Morgan fingerprint density at radius 2 is 2.40 bits per heavy atom. The third-order valence-electron chi connectivity index (χ3n) is 4.21. The van der Waals surface area contributed by atoms with Gasteiger partial charge in [0.05, 0.1) is 17.8 Å². The SMILES string of the molecule is CCn1nc(C)cc1C(=O)NC1(CO)CCCC(C)C1. The molecular weight excluding hydrogens is 254 g/mol. The summed E-state index contributed by atoms with van der Waals surface area (Å²) >= 11 is 0. The molecule has 2 unspecified atom stereocenters. The summed E-state index contributed by atoms with van der Waals surface area (Å²) in [4.78, 5) is 12.5. The van der Waals surface area contributed by atoms with E-state index in [9.17, 15) is 9.90 Å². The summed E-state index contributed by atoms with van der Waals surface area (Å²) in [6, 6.07) is 1.80. The van der Waals surface area contributed by atoms with Crippen LogP contribution < -0.4 is 5.32 Å². The standard InChI is InChI=1S/C15H25N3O2/c1-4-18-13(8-12(3)17-18)14(20)16-15(10-19)7-5-6-11(2)9-15/h8,11,19H,4-7,9-10H2,1-3H3,(H,16,20). The minimum atomic E-state index is -0.467. The maximum atomic E-state index is 12.5. The lowest BCUT2D eigenvalue weighted by Gasteiger charge is -2.39. The van der Waals surface area contributed by atoms with Gasteiger partial charge in [-0.15, -0.1) is 0 Å². The number of carbonyl (C=O) groups excluding carboxylic acids is 1. The van der Waals surface area contributed by atoms with E-state index in [4.69, 9.17) is 0 Å². The van der Waals surface area contributed by atoms with E-state index in [0.717, 1.165) is 25.0 Å². The zero-order valence-corrected chi connectivity index (χ0v) is 12.6. The highest BCUT2D eigenvalue weighted by Crippen LogP contribution is 2.32. The van der Waals surface area contributed by atoms with Crippen molar-refractivity contribution in [2.24, 2.45) is 5.92 Å². The number of nitrogens with zero attached hydrogens (tertiary/aromatic N) is 2. The van der Waals surface area contributed by atoms with Crippen LogP contribution >= 0.6 is 0 Å². The number of hydrogen-bond acceptors (Lipinski definition) is 3. The van der Waals surface area contributed by atoms with Gasteiger partial charge in [-0.05, 0) is 38.7 Å². The van der Waals surface area contributed by atoms with Crippen molar-refractivity contribution >= 4 is 5.91 Å². The summed E-state index contributed by atoms with van der Waals surface area (Å²) < 4.78 is 1.71. The fraction of sp³-hybridized carbons (Fsp3) is 0.733. The first kappa shape index (κ1) is 15.0. The molecule has 0 radical (unpaired) electrons. The Hall–Kier alpha value is -1.36. The van der Waals surface area contributed by atoms with Crippen molar-refractivity contribution in [3.05, 3.63) is 17.5 Å². The highest BCUT2D eigenvalue weighted by molar-refractivity contribution is 5.93. The first-order valence-electron chi connectivity index (χ1n) is 7.47. The molecule has 20 heavy (non-hydrogen) atoms. The first-order chi connectivity index (χ1) is 9.49. The zero-order chi connectivity index (χ0) is 14.8. The Kier molecular flexibility index (Phi) is 4.48. The molecule has 0 bridgehead atoms. The molecule has 5 nitrogen and oxygen atoms in total. The van der Waals surface area contributed by atoms with Gasteiger partial charge in [0.2, 0.25) is 0 Å². The maximum Gasteiger partial charge on any atom is 0.270 e. The average molecular weight is 279 g/mol. The number of carbonyl (C=O) groups is 1. The van der Waals surface area contributed by atoms with E-state index in [1.807, 2.05) is 13.8 Å². The molecule has 2 atom stereocenters. The van der Waals surface area contributed by atoms with E-state index in [1.165, 1.54) is 6.42 Å². The molecule has 0 aliphatic heterocycles. The smallest absolute Gasteiger partial charge is 0.270 e. The van der Waals surface area contributed by atoms with Crippen LogP contribution in [0.1, 0.15) is 55.7 Å². The lowest BCUT2D eigenvalue weighted by molar-refractivity contribution is 0.0688. The van der Waals surface area contributed by atoms with Gasteiger partial charge in [0.25, 0.3) is 5.91 Å². The van der Waals surface area contributed by atoms with E-state index in [0.29, 0.717) is 18.2 Å². The molecule has 1 aliphatic rings. The second-order valence-electron chi connectivity index (χ2n) is 6.08. The number of amides is 1. The molecule has 1 aliphatic carbocycles. The molecule has 5 heteroatoms. The molecule has 112 valence electrons. The fourth-order valence-corrected chi connectivity index (χ4v) is 3.23. The van der Waals surface area contributed by atoms with Crippen molar-refractivity contribution in [1.29, 1.82) is 0 Å². The van der Waals surface area contributed by atoms with Crippen LogP contribution in [0.15, 0.2) is 6.07 Å². The van der Waals surface area contributed by atoms with Crippen molar-refractivity contribution < 1.29 is 9.90 Å². The minimum Gasteiger partial charge on any atom is -0.394 e. The average Bonchev–Trinajstić information content (AvgIpc) is 2.80. The van der Waals surface area contributed by atoms with E-state index in [2.05, 4.69) is 17.3 Å². The summed E-state index contributed by atoms with van der Waals surface area (Å²) in [5, 5.41) is 17.1. The Morgan fingerprint density at radius 3 is 3.00 bits per heavy atom. The number of aromatic nitrogens is 2. The largest absolute Gasteiger partial charge is 0.394 e. The number of nitrogens with one attached hydrogen (secondary N) is 1. The third kappa shape index (κ3) is 3.03. The topological polar surface area (TPSA) is 67.2 Å². The van der Waals surface area contributed by atoms with Crippen LogP contribution in [0.2, 0.25) is 0 Å². The Morgan fingerprint density at radius 1 is 1.65 bits per heavy atom. The first-order valence-corrected chi connectivity index (χ1v) is 7.47. The van der Waals surface area contributed by atoms with Gasteiger partial charge in [0, 0.05) is 6.54 Å². The molecule has 2 N–H and O–H groups in total. The number of aryl methyl sites for hydroxylation is 2. The lowest BCUT2D eigenvalue weighted by Crippen LogP contribution is -2.54. The maximum absolute atomic E-state index is 12.5. The number of aliphatic hydroxyl groups is 1. The Bertz CT molecular complexity index is 483. The molecule has 1 heterocycles. The normalized spacial score (nSPS) is 26.5. The van der Waals surface area contributed by atoms with Gasteiger partial charge in [-0.25, -0.2) is 0 Å². The monoisotopic (exact) mass is 279 g/mol. The predicted octanol–water partition coefficient (Wildman–Crippen LogP) is 1.88. The van der Waals surface area contributed by atoms with Gasteiger partial charge in [0.15, 0.2) is 0 Å². The van der Waals surface area contributed by atoms with Crippen molar-refractivity contribution in [1.82, 2.24) is 15.1 Å². The highest BCUT2D eigenvalue weighted by atomic mass is 16.3. The lowest BCUT2D eigenvalue weighted by atomic mass is 9.77. The fourth-order valence-electron chi connectivity index (χ4n) is 3.23. The molecule has 0 spiro atoms. The molecular formula is C15H25N3O2. The summed E-state index contributed by atoms with van der Waals surface area (Å²) in [5.74, 6) is 0.407. The van der Waals surface area contributed by atoms with Crippen LogP contribution in [-0.2, 0) is 6.54 Å². The van der Waals surface area contributed by atoms with Crippen LogP contribution in [0.5, 0.6) is 0 Å². The van der Waals surface area contributed by atoms with E-state index >= 15 is 0 Å². The minimum absolute atomic E-state index is 0.00231. The summed E-state index contributed by atoms with van der Waals surface area (Å²) in [5.41, 5.74) is 0.953. The van der Waals surface area contributed by atoms with Gasteiger partial charge in [-0.1, -0.05) is 19.8 Å². The number of rotatable bonds is 4. The van der Waals surface area contributed by atoms with Crippen molar-refractivity contribution in [3.63, 3.8) is 0 Å². The van der Waals surface area contributed by atoms with Crippen LogP contribution in [0.3, 0.4) is 0 Å². The van der Waals surface area contributed by atoms with Crippen molar-refractivity contribution in [2.45, 2.75) is 58.5 Å². The van der Waals surface area contributed by atoms with Crippen molar-refractivity contribution in [2.75, 3.05) is 6.61 Å². The number of aliphatic hydroxyl groups excluding tert-OH is 1. The second-order valence-corrected chi connectivity index (χ2v) is 6.08. The quantitative estimate of drug-likeness (QED) is 0.884. The van der Waals surface area contributed by atoms with Gasteiger partial charge in [-0.2, -0.15) is 5.10 Å². The van der Waals surface area contributed by atoms with Crippen LogP contribution in [0, 0.1) is 12.8 Å². The van der Waals surface area contributed by atoms with Crippen LogP contribution in [-0.4, -0.2) is 32.9 Å².